The number of halogens is 2. The standard InChI is InChI=1S/C14H12F2N4/c15-10-6-12-13(7-11(10)16)20(5-3-17)14(19-12)9-2-1-4-18-8-9/h1-2,4,6-8H,3,5,17H2. The number of benzene rings is 1. The summed E-state index contributed by atoms with van der Waals surface area (Å²) in [6.45, 7) is 0.837. The molecule has 2 heterocycles. The average Bonchev–Trinajstić information content (AvgIpc) is 2.79. The zero-order chi connectivity index (χ0) is 14.1. The van der Waals surface area contributed by atoms with Gasteiger partial charge in [-0.1, -0.05) is 0 Å². The molecule has 0 fully saturated rings. The largest absolute Gasteiger partial charge is 0.329 e. The molecular formula is C14H12F2N4. The van der Waals surface area contributed by atoms with E-state index in [9.17, 15) is 8.78 Å². The van der Waals surface area contributed by atoms with E-state index in [1.807, 2.05) is 6.07 Å². The lowest BCUT2D eigenvalue weighted by Crippen LogP contribution is -2.11. The molecule has 0 aliphatic heterocycles. The van der Waals surface area contributed by atoms with E-state index in [-0.39, 0.29) is 0 Å². The first-order chi connectivity index (χ1) is 9.70. The molecule has 3 rings (SSSR count). The first-order valence-electron chi connectivity index (χ1n) is 6.16. The summed E-state index contributed by atoms with van der Waals surface area (Å²) >= 11 is 0. The maximum Gasteiger partial charge on any atom is 0.161 e. The van der Waals surface area contributed by atoms with Gasteiger partial charge in [0.15, 0.2) is 11.6 Å². The lowest BCUT2D eigenvalue weighted by molar-refractivity contribution is 0.510. The van der Waals surface area contributed by atoms with Crippen LogP contribution in [0.25, 0.3) is 22.4 Å². The van der Waals surface area contributed by atoms with Crippen molar-refractivity contribution in [2.75, 3.05) is 6.54 Å². The Bertz CT molecular complexity index is 753. The quantitative estimate of drug-likeness (QED) is 0.797. The third kappa shape index (κ3) is 2.04. The number of hydrogen-bond donors (Lipinski definition) is 1. The van der Waals surface area contributed by atoms with E-state index in [4.69, 9.17) is 5.73 Å². The van der Waals surface area contributed by atoms with Crippen LogP contribution in [0.1, 0.15) is 0 Å². The smallest absolute Gasteiger partial charge is 0.161 e. The Morgan fingerprint density at radius 2 is 2.00 bits per heavy atom. The minimum Gasteiger partial charge on any atom is -0.329 e. The van der Waals surface area contributed by atoms with Crippen molar-refractivity contribution in [3.63, 3.8) is 0 Å². The van der Waals surface area contributed by atoms with Crippen LogP contribution in [0.3, 0.4) is 0 Å². The second-order valence-corrected chi connectivity index (χ2v) is 4.37. The minimum atomic E-state index is -0.910. The molecule has 0 radical (unpaired) electrons. The van der Waals surface area contributed by atoms with Crippen molar-refractivity contribution in [1.82, 2.24) is 14.5 Å². The van der Waals surface area contributed by atoms with E-state index in [0.717, 1.165) is 17.7 Å². The van der Waals surface area contributed by atoms with Crippen molar-refractivity contribution < 1.29 is 8.78 Å². The van der Waals surface area contributed by atoms with Crippen molar-refractivity contribution in [1.29, 1.82) is 0 Å². The number of aromatic nitrogens is 3. The minimum absolute atomic E-state index is 0.373. The first kappa shape index (κ1) is 12.7. The molecule has 2 aromatic heterocycles. The van der Waals surface area contributed by atoms with Crippen molar-refractivity contribution in [3.8, 4) is 11.4 Å². The summed E-state index contributed by atoms with van der Waals surface area (Å²) in [5.74, 6) is -1.20. The molecule has 6 heteroatoms. The lowest BCUT2D eigenvalue weighted by atomic mass is 10.2. The Morgan fingerprint density at radius 3 is 2.70 bits per heavy atom. The fourth-order valence-corrected chi connectivity index (χ4v) is 2.19. The third-order valence-electron chi connectivity index (χ3n) is 3.06. The maximum atomic E-state index is 13.4. The van der Waals surface area contributed by atoms with Crippen molar-refractivity contribution in [3.05, 3.63) is 48.3 Å². The molecule has 0 bridgehead atoms. The van der Waals surface area contributed by atoms with Gasteiger partial charge < -0.3 is 10.3 Å². The summed E-state index contributed by atoms with van der Waals surface area (Å²) in [6.07, 6.45) is 3.31. The SMILES string of the molecule is NCCn1c(-c2cccnc2)nc2cc(F)c(F)cc21. The van der Waals surface area contributed by atoms with Crippen LogP contribution in [-0.2, 0) is 6.54 Å². The molecule has 20 heavy (non-hydrogen) atoms. The summed E-state index contributed by atoms with van der Waals surface area (Å²) in [7, 11) is 0. The topological polar surface area (TPSA) is 56.7 Å². The summed E-state index contributed by atoms with van der Waals surface area (Å²) in [5, 5.41) is 0. The van der Waals surface area contributed by atoms with E-state index >= 15 is 0 Å². The van der Waals surface area contributed by atoms with E-state index in [1.165, 1.54) is 0 Å². The Labute approximate surface area is 113 Å². The van der Waals surface area contributed by atoms with Gasteiger partial charge in [0, 0.05) is 43.2 Å². The number of nitrogens with two attached hydrogens (primary N) is 1. The molecule has 3 aromatic rings. The molecule has 0 atom stereocenters. The summed E-state index contributed by atoms with van der Waals surface area (Å²) < 4.78 is 28.5. The third-order valence-corrected chi connectivity index (χ3v) is 3.06. The highest BCUT2D eigenvalue weighted by Crippen LogP contribution is 2.25. The van der Waals surface area contributed by atoms with Gasteiger partial charge in [0.1, 0.15) is 5.82 Å². The summed E-state index contributed by atoms with van der Waals surface area (Å²) in [5.41, 5.74) is 7.29. The molecule has 2 N–H and O–H groups in total. The normalized spacial score (nSPS) is 11.2. The van der Waals surface area contributed by atoms with Gasteiger partial charge in [0.25, 0.3) is 0 Å². The number of nitrogens with zero attached hydrogens (tertiary/aromatic N) is 3. The molecule has 4 nitrogen and oxygen atoms in total. The predicted octanol–water partition coefficient (Wildman–Crippen LogP) is 2.34. The Kier molecular flexibility index (Phi) is 3.15. The van der Waals surface area contributed by atoms with Crippen LogP contribution >= 0.6 is 0 Å². The first-order valence-corrected chi connectivity index (χ1v) is 6.16. The Hall–Kier alpha value is -2.34. The highest BCUT2D eigenvalue weighted by atomic mass is 19.2. The summed E-state index contributed by atoms with van der Waals surface area (Å²) in [6, 6.07) is 5.86. The molecule has 0 saturated carbocycles. The van der Waals surface area contributed by atoms with Crippen molar-refractivity contribution in [2.24, 2.45) is 5.73 Å². The number of imidazole rings is 1. The molecule has 0 aliphatic carbocycles. The van der Waals surface area contributed by atoms with E-state index < -0.39 is 11.6 Å². The van der Waals surface area contributed by atoms with Crippen molar-refractivity contribution in [2.45, 2.75) is 6.54 Å². The molecular weight excluding hydrogens is 262 g/mol. The van der Waals surface area contributed by atoms with E-state index in [0.29, 0.717) is 29.9 Å². The van der Waals surface area contributed by atoms with E-state index in [1.54, 1.807) is 23.0 Å². The van der Waals surface area contributed by atoms with Gasteiger partial charge in [-0.15, -0.1) is 0 Å². The molecule has 0 unspecified atom stereocenters. The van der Waals surface area contributed by atoms with Gasteiger partial charge in [-0.2, -0.15) is 0 Å². The zero-order valence-corrected chi connectivity index (χ0v) is 10.6. The average molecular weight is 274 g/mol. The van der Waals surface area contributed by atoms with Crippen LogP contribution in [-0.4, -0.2) is 21.1 Å². The predicted molar refractivity (Wildman–Crippen MR) is 71.9 cm³/mol. The molecule has 0 amide bonds. The van der Waals surface area contributed by atoms with Crippen LogP contribution in [0.2, 0.25) is 0 Å². The fourth-order valence-electron chi connectivity index (χ4n) is 2.19. The molecule has 0 saturated heterocycles. The van der Waals surface area contributed by atoms with E-state index in [2.05, 4.69) is 9.97 Å². The zero-order valence-electron chi connectivity index (χ0n) is 10.6. The van der Waals surface area contributed by atoms with Crippen LogP contribution in [0.4, 0.5) is 8.78 Å². The second-order valence-electron chi connectivity index (χ2n) is 4.37. The Balaban J connectivity index is 2.28. The van der Waals surface area contributed by atoms with Crippen molar-refractivity contribution >= 4 is 11.0 Å². The van der Waals surface area contributed by atoms with Gasteiger partial charge in [-0.3, -0.25) is 4.98 Å². The molecule has 102 valence electrons. The van der Waals surface area contributed by atoms with Crippen LogP contribution in [0.15, 0.2) is 36.7 Å². The van der Waals surface area contributed by atoms with Gasteiger partial charge in [-0.05, 0) is 12.1 Å². The van der Waals surface area contributed by atoms with Crippen LogP contribution < -0.4 is 5.73 Å². The number of fused-ring (bicyclic) bond motifs is 1. The molecule has 0 spiro atoms. The van der Waals surface area contributed by atoms with Gasteiger partial charge in [0.2, 0.25) is 0 Å². The Morgan fingerprint density at radius 1 is 1.20 bits per heavy atom. The van der Waals surface area contributed by atoms with Gasteiger partial charge in [0.05, 0.1) is 11.0 Å². The maximum absolute atomic E-state index is 13.4. The number of rotatable bonds is 3. The van der Waals surface area contributed by atoms with Crippen LogP contribution in [0.5, 0.6) is 0 Å². The van der Waals surface area contributed by atoms with Gasteiger partial charge in [-0.25, -0.2) is 13.8 Å². The van der Waals surface area contributed by atoms with Gasteiger partial charge >= 0.3 is 0 Å². The monoisotopic (exact) mass is 274 g/mol. The highest BCUT2D eigenvalue weighted by Gasteiger charge is 2.15. The second kappa shape index (κ2) is 4.97. The number of pyridine rings is 1. The highest BCUT2D eigenvalue weighted by molar-refractivity contribution is 5.80. The molecule has 0 aliphatic rings. The number of hydrogen-bond acceptors (Lipinski definition) is 3. The molecule has 1 aromatic carbocycles. The van der Waals surface area contributed by atoms with Crippen LogP contribution in [0, 0.1) is 11.6 Å². The summed E-state index contributed by atoms with van der Waals surface area (Å²) in [4.78, 5) is 8.40. The fraction of sp³-hybridized carbons (Fsp3) is 0.143. The lowest BCUT2D eigenvalue weighted by Gasteiger charge is -2.07.